The molecule has 1 nitrogen and oxygen atoms in total. The maximum Gasteiger partial charge on any atom is 0.426 e. The summed E-state index contributed by atoms with van der Waals surface area (Å²) >= 11 is 0. The summed E-state index contributed by atoms with van der Waals surface area (Å²) in [5, 5.41) is -0.300. The van der Waals surface area contributed by atoms with Crippen LogP contribution in [-0.2, 0) is 18.7 Å². The van der Waals surface area contributed by atoms with Crippen LogP contribution in [0.3, 0.4) is 0 Å². The van der Waals surface area contributed by atoms with Gasteiger partial charge in [-0.2, -0.15) is 22.0 Å². The van der Waals surface area contributed by atoms with Gasteiger partial charge in [-0.25, -0.2) is 4.39 Å². The number of fused-ring (bicyclic) bond motifs is 1. The summed E-state index contributed by atoms with van der Waals surface area (Å²) in [6, 6.07) is 10.4. The molecule has 0 aromatic heterocycles. The second-order valence-corrected chi connectivity index (χ2v) is 6.37. The van der Waals surface area contributed by atoms with Crippen molar-refractivity contribution in [3.63, 3.8) is 0 Å². The Bertz CT molecular complexity index is 977. The average molecular weight is 398 g/mol. The SMILES string of the molecule is CCCc1ccc(C(F)(F)Oc2ccc3c(F)c(C(F)(F)F)ccc3c2)cc1. The van der Waals surface area contributed by atoms with Gasteiger partial charge in [0.05, 0.1) is 11.1 Å². The summed E-state index contributed by atoms with van der Waals surface area (Å²) in [5.41, 5.74) is -0.846. The Morgan fingerprint density at radius 3 is 2.14 bits per heavy atom. The number of aryl methyl sites for hydroxylation is 1. The Balaban J connectivity index is 1.89. The molecule has 0 amide bonds. The minimum absolute atomic E-state index is 0.0251. The predicted molar refractivity (Wildman–Crippen MR) is 93.9 cm³/mol. The highest BCUT2D eigenvalue weighted by Crippen LogP contribution is 2.37. The van der Waals surface area contributed by atoms with Gasteiger partial charge in [-0.1, -0.05) is 31.5 Å². The normalized spacial score (nSPS) is 12.4. The molecule has 0 bridgehead atoms. The zero-order valence-corrected chi connectivity index (χ0v) is 14.8. The van der Waals surface area contributed by atoms with E-state index in [1.807, 2.05) is 6.92 Å². The number of alkyl halides is 5. The summed E-state index contributed by atoms with van der Waals surface area (Å²) in [4.78, 5) is 0. The van der Waals surface area contributed by atoms with Gasteiger partial charge in [-0.3, -0.25) is 0 Å². The Morgan fingerprint density at radius 2 is 1.54 bits per heavy atom. The first-order valence-electron chi connectivity index (χ1n) is 8.57. The molecule has 3 rings (SSSR count). The van der Waals surface area contributed by atoms with E-state index in [4.69, 9.17) is 4.74 Å². The zero-order valence-electron chi connectivity index (χ0n) is 14.8. The molecule has 28 heavy (non-hydrogen) atoms. The minimum Gasteiger partial charge on any atom is -0.429 e. The van der Waals surface area contributed by atoms with E-state index in [9.17, 15) is 26.3 Å². The van der Waals surface area contributed by atoms with Gasteiger partial charge in [0.15, 0.2) is 0 Å². The van der Waals surface area contributed by atoms with Gasteiger partial charge in [0, 0.05) is 5.39 Å². The fourth-order valence-electron chi connectivity index (χ4n) is 2.91. The lowest BCUT2D eigenvalue weighted by Crippen LogP contribution is -2.21. The second-order valence-electron chi connectivity index (χ2n) is 6.37. The van der Waals surface area contributed by atoms with Crippen molar-refractivity contribution in [2.75, 3.05) is 0 Å². The molecule has 0 aliphatic rings. The molecule has 3 aromatic rings. The minimum atomic E-state index is -4.84. The van der Waals surface area contributed by atoms with E-state index >= 15 is 0 Å². The van der Waals surface area contributed by atoms with Crippen molar-refractivity contribution in [3.05, 3.63) is 77.1 Å². The molecule has 0 aliphatic heterocycles. The molecule has 0 spiro atoms. The van der Waals surface area contributed by atoms with Crippen LogP contribution in [0, 0.1) is 5.82 Å². The van der Waals surface area contributed by atoms with Crippen molar-refractivity contribution in [2.24, 2.45) is 0 Å². The van der Waals surface area contributed by atoms with Crippen LogP contribution in [0.1, 0.15) is 30.0 Å². The van der Waals surface area contributed by atoms with Crippen molar-refractivity contribution >= 4 is 10.8 Å². The standard InChI is InChI=1S/C21H16F6O/c1-2-3-13-4-7-15(8-5-13)21(26,27)28-16-9-10-17-14(12-16)6-11-18(19(17)22)20(23,24)25/h4-12H,2-3H2,1H3. The fourth-order valence-corrected chi connectivity index (χ4v) is 2.91. The Kier molecular flexibility index (Phi) is 5.28. The number of rotatable bonds is 5. The number of benzene rings is 3. The first kappa shape index (κ1) is 20.0. The Hall–Kier alpha value is -2.70. The second kappa shape index (κ2) is 7.37. The van der Waals surface area contributed by atoms with Gasteiger partial charge < -0.3 is 4.74 Å². The number of hydrogen-bond acceptors (Lipinski definition) is 1. The molecule has 0 heterocycles. The molecular formula is C21H16F6O. The van der Waals surface area contributed by atoms with Gasteiger partial charge in [0.1, 0.15) is 11.6 Å². The molecule has 3 aromatic carbocycles. The maximum atomic E-state index is 14.4. The maximum absolute atomic E-state index is 14.4. The Morgan fingerprint density at radius 1 is 0.857 bits per heavy atom. The van der Waals surface area contributed by atoms with Gasteiger partial charge in [0.2, 0.25) is 0 Å². The fraction of sp³-hybridized carbons (Fsp3) is 0.238. The first-order valence-corrected chi connectivity index (χ1v) is 8.57. The van der Waals surface area contributed by atoms with Crippen LogP contribution in [0.5, 0.6) is 5.75 Å². The molecule has 7 heteroatoms. The van der Waals surface area contributed by atoms with Crippen LogP contribution in [-0.4, -0.2) is 0 Å². The average Bonchev–Trinajstić information content (AvgIpc) is 2.61. The van der Waals surface area contributed by atoms with Crippen molar-refractivity contribution in [2.45, 2.75) is 32.1 Å². The summed E-state index contributed by atoms with van der Waals surface area (Å²) in [6.45, 7) is 1.98. The van der Waals surface area contributed by atoms with Gasteiger partial charge >= 0.3 is 12.3 Å². The van der Waals surface area contributed by atoms with E-state index in [0.717, 1.165) is 42.7 Å². The van der Waals surface area contributed by atoms with E-state index in [1.165, 1.54) is 12.1 Å². The number of halogens is 6. The van der Waals surface area contributed by atoms with Crippen LogP contribution >= 0.6 is 0 Å². The molecule has 0 N–H and O–H groups in total. The van der Waals surface area contributed by atoms with Crippen molar-refractivity contribution in [1.82, 2.24) is 0 Å². The molecule has 148 valence electrons. The third-order valence-electron chi connectivity index (χ3n) is 4.31. The van der Waals surface area contributed by atoms with E-state index in [1.54, 1.807) is 12.1 Å². The monoisotopic (exact) mass is 398 g/mol. The molecular weight excluding hydrogens is 382 g/mol. The molecule has 0 saturated carbocycles. The number of ether oxygens (including phenoxy) is 1. The van der Waals surface area contributed by atoms with Gasteiger partial charge in [-0.15, -0.1) is 0 Å². The molecule has 0 fully saturated rings. The molecule has 0 unspecified atom stereocenters. The molecule has 0 saturated heterocycles. The lowest BCUT2D eigenvalue weighted by Gasteiger charge is -2.19. The smallest absolute Gasteiger partial charge is 0.426 e. The summed E-state index contributed by atoms with van der Waals surface area (Å²) in [7, 11) is 0. The van der Waals surface area contributed by atoms with Crippen molar-refractivity contribution < 1.29 is 31.1 Å². The third kappa shape index (κ3) is 4.08. The highest BCUT2D eigenvalue weighted by Gasteiger charge is 2.36. The van der Waals surface area contributed by atoms with E-state index < -0.39 is 23.7 Å². The predicted octanol–water partition coefficient (Wildman–Crippen LogP) is 7.08. The quantitative estimate of drug-likeness (QED) is 0.417. The molecule has 0 radical (unpaired) electrons. The summed E-state index contributed by atoms with van der Waals surface area (Å²) < 4.78 is 86.0. The van der Waals surface area contributed by atoms with E-state index in [-0.39, 0.29) is 22.1 Å². The van der Waals surface area contributed by atoms with E-state index in [2.05, 4.69) is 0 Å². The van der Waals surface area contributed by atoms with E-state index in [0.29, 0.717) is 6.07 Å². The topological polar surface area (TPSA) is 9.23 Å². The van der Waals surface area contributed by atoms with Crippen LogP contribution in [0.4, 0.5) is 26.3 Å². The van der Waals surface area contributed by atoms with Gasteiger partial charge in [0.25, 0.3) is 0 Å². The molecule has 0 atom stereocenters. The first-order chi connectivity index (χ1) is 13.1. The van der Waals surface area contributed by atoms with Gasteiger partial charge in [-0.05, 0) is 53.8 Å². The lowest BCUT2D eigenvalue weighted by molar-refractivity contribution is -0.185. The van der Waals surface area contributed by atoms with Crippen molar-refractivity contribution in [1.29, 1.82) is 0 Å². The highest BCUT2D eigenvalue weighted by atomic mass is 19.4. The number of hydrogen-bond donors (Lipinski definition) is 0. The lowest BCUT2D eigenvalue weighted by atomic mass is 10.1. The zero-order chi connectivity index (χ0) is 20.5. The largest absolute Gasteiger partial charge is 0.429 e. The summed E-state index contributed by atoms with van der Waals surface area (Å²) in [5.74, 6) is -1.73. The third-order valence-corrected chi connectivity index (χ3v) is 4.31. The van der Waals surface area contributed by atoms with Crippen LogP contribution < -0.4 is 4.74 Å². The molecule has 0 aliphatic carbocycles. The Labute approximate surface area is 157 Å². The van der Waals surface area contributed by atoms with Crippen LogP contribution in [0.15, 0.2) is 54.6 Å². The van der Waals surface area contributed by atoms with Crippen LogP contribution in [0.25, 0.3) is 10.8 Å². The van der Waals surface area contributed by atoms with Crippen LogP contribution in [0.2, 0.25) is 0 Å². The van der Waals surface area contributed by atoms with Crippen molar-refractivity contribution in [3.8, 4) is 5.75 Å². The summed E-state index contributed by atoms with van der Waals surface area (Å²) in [6.07, 6.45) is -6.84. The highest BCUT2D eigenvalue weighted by molar-refractivity contribution is 5.85.